The summed E-state index contributed by atoms with van der Waals surface area (Å²) in [7, 11) is 0. The summed E-state index contributed by atoms with van der Waals surface area (Å²) >= 11 is 2.45. The number of hydrogen-bond acceptors (Lipinski definition) is 7. The number of aromatic nitrogens is 3. The lowest BCUT2D eigenvalue weighted by Gasteiger charge is -2.08. The summed E-state index contributed by atoms with van der Waals surface area (Å²) in [4.78, 5) is 24.0. The zero-order valence-corrected chi connectivity index (χ0v) is 16.3. The fourth-order valence-electron chi connectivity index (χ4n) is 2.34. The molecule has 0 radical (unpaired) electrons. The van der Waals surface area contributed by atoms with Gasteiger partial charge < -0.3 is 9.30 Å². The standard InChI is InChI=1S/C18H18N4O3S2/c1-2-25-15(23)12-26-18-21-20-17(27-18)19-16(24)14-9-6-10-22(14)11-13-7-4-3-5-8-13/h3-10H,2,11-12H2,1H3,(H,19,20,24). The lowest BCUT2D eigenvalue weighted by molar-refractivity contribution is -0.139. The minimum Gasteiger partial charge on any atom is -0.465 e. The normalized spacial score (nSPS) is 10.6. The van der Waals surface area contributed by atoms with Crippen LogP contribution in [0.4, 0.5) is 5.13 Å². The van der Waals surface area contributed by atoms with E-state index in [9.17, 15) is 9.59 Å². The van der Waals surface area contributed by atoms with Crippen molar-refractivity contribution in [2.45, 2.75) is 17.8 Å². The predicted molar refractivity (Wildman–Crippen MR) is 105 cm³/mol. The van der Waals surface area contributed by atoms with Crippen molar-refractivity contribution >= 4 is 40.1 Å². The van der Waals surface area contributed by atoms with Gasteiger partial charge in [0.15, 0.2) is 4.34 Å². The van der Waals surface area contributed by atoms with Gasteiger partial charge in [0.1, 0.15) is 5.69 Å². The third-order valence-electron chi connectivity index (χ3n) is 3.50. The van der Waals surface area contributed by atoms with Crippen LogP contribution >= 0.6 is 23.1 Å². The lowest BCUT2D eigenvalue weighted by atomic mass is 10.2. The second kappa shape index (κ2) is 9.33. The highest BCUT2D eigenvalue weighted by molar-refractivity contribution is 8.01. The third-order valence-corrected chi connectivity index (χ3v) is 5.45. The summed E-state index contributed by atoms with van der Waals surface area (Å²) in [6, 6.07) is 13.5. The number of nitrogens with one attached hydrogen (secondary N) is 1. The summed E-state index contributed by atoms with van der Waals surface area (Å²) in [5.41, 5.74) is 1.64. The first-order chi connectivity index (χ1) is 13.2. The lowest BCUT2D eigenvalue weighted by Crippen LogP contribution is -2.17. The van der Waals surface area contributed by atoms with Gasteiger partial charge in [-0.2, -0.15) is 0 Å². The molecule has 3 rings (SSSR count). The van der Waals surface area contributed by atoms with E-state index in [2.05, 4.69) is 15.5 Å². The van der Waals surface area contributed by atoms with Crippen molar-refractivity contribution in [1.29, 1.82) is 0 Å². The van der Waals surface area contributed by atoms with Gasteiger partial charge in [-0.15, -0.1) is 10.2 Å². The van der Waals surface area contributed by atoms with Crippen molar-refractivity contribution < 1.29 is 14.3 Å². The Bertz CT molecular complexity index is 908. The monoisotopic (exact) mass is 402 g/mol. The first-order valence-corrected chi connectivity index (χ1v) is 10.1. The number of rotatable bonds is 8. The van der Waals surface area contributed by atoms with Crippen LogP contribution in [0.2, 0.25) is 0 Å². The van der Waals surface area contributed by atoms with Crippen LogP contribution in [-0.2, 0) is 16.1 Å². The van der Waals surface area contributed by atoms with Crippen molar-refractivity contribution in [3.63, 3.8) is 0 Å². The number of anilines is 1. The number of benzene rings is 1. The molecular formula is C18H18N4O3S2. The minimum absolute atomic E-state index is 0.163. The zero-order chi connectivity index (χ0) is 19.1. The molecule has 0 unspecified atom stereocenters. The molecule has 27 heavy (non-hydrogen) atoms. The molecule has 0 saturated carbocycles. The van der Waals surface area contributed by atoms with Crippen LogP contribution in [0.15, 0.2) is 53.0 Å². The Morgan fingerprint density at radius 3 is 2.78 bits per heavy atom. The van der Waals surface area contributed by atoms with E-state index < -0.39 is 0 Å². The fourth-order valence-corrected chi connectivity index (χ4v) is 3.89. The maximum Gasteiger partial charge on any atom is 0.316 e. The van der Waals surface area contributed by atoms with Gasteiger partial charge in [0.25, 0.3) is 5.91 Å². The average Bonchev–Trinajstić information content (AvgIpc) is 3.30. The van der Waals surface area contributed by atoms with Crippen molar-refractivity contribution in [3.8, 4) is 0 Å². The molecule has 0 atom stereocenters. The Labute approximate surface area is 164 Å². The van der Waals surface area contributed by atoms with Crippen LogP contribution < -0.4 is 5.32 Å². The Morgan fingerprint density at radius 2 is 2.00 bits per heavy atom. The quantitative estimate of drug-likeness (QED) is 0.353. The highest BCUT2D eigenvalue weighted by atomic mass is 32.2. The van der Waals surface area contributed by atoms with Gasteiger partial charge in [-0.1, -0.05) is 53.4 Å². The minimum atomic E-state index is -0.304. The molecule has 1 amide bonds. The Balaban J connectivity index is 1.60. The van der Waals surface area contributed by atoms with Crippen LogP contribution in [0.3, 0.4) is 0 Å². The van der Waals surface area contributed by atoms with Gasteiger partial charge in [0.05, 0.1) is 12.4 Å². The number of thioether (sulfide) groups is 1. The van der Waals surface area contributed by atoms with Gasteiger partial charge in [-0.05, 0) is 24.6 Å². The van der Waals surface area contributed by atoms with Gasteiger partial charge in [-0.25, -0.2) is 0 Å². The highest BCUT2D eigenvalue weighted by Gasteiger charge is 2.15. The van der Waals surface area contributed by atoms with Crippen molar-refractivity contribution in [3.05, 3.63) is 59.9 Å². The number of carbonyl (C=O) groups excluding carboxylic acids is 2. The van der Waals surface area contributed by atoms with Crippen molar-refractivity contribution in [2.75, 3.05) is 17.7 Å². The molecule has 0 aliphatic heterocycles. The van der Waals surface area contributed by atoms with E-state index in [-0.39, 0.29) is 17.6 Å². The molecule has 3 aromatic rings. The van der Waals surface area contributed by atoms with Gasteiger partial charge in [-0.3, -0.25) is 14.9 Å². The maximum absolute atomic E-state index is 12.6. The average molecular weight is 403 g/mol. The number of carbonyl (C=O) groups is 2. The molecule has 7 nitrogen and oxygen atoms in total. The van der Waals surface area contributed by atoms with Crippen LogP contribution in [0.1, 0.15) is 23.0 Å². The first-order valence-electron chi connectivity index (χ1n) is 8.28. The number of ether oxygens (including phenoxy) is 1. The SMILES string of the molecule is CCOC(=O)CSc1nnc(NC(=O)c2cccn2Cc2ccccc2)s1. The summed E-state index contributed by atoms with van der Waals surface area (Å²) in [6.45, 7) is 2.71. The smallest absolute Gasteiger partial charge is 0.316 e. The molecule has 0 fully saturated rings. The zero-order valence-electron chi connectivity index (χ0n) is 14.6. The van der Waals surface area contributed by atoms with Crippen molar-refractivity contribution in [2.24, 2.45) is 0 Å². The van der Waals surface area contributed by atoms with E-state index in [1.807, 2.05) is 47.2 Å². The number of hydrogen-bond donors (Lipinski definition) is 1. The van der Waals surface area contributed by atoms with Gasteiger partial charge >= 0.3 is 5.97 Å². The summed E-state index contributed by atoms with van der Waals surface area (Å²) in [5, 5.41) is 11.1. The van der Waals surface area contributed by atoms with E-state index in [1.165, 1.54) is 23.1 Å². The van der Waals surface area contributed by atoms with Crippen LogP contribution in [0.5, 0.6) is 0 Å². The molecule has 1 N–H and O–H groups in total. The van der Waals surface area contributed by atoms with Crippen LogP contribution in [0.25, 0.3) is 0 Å². The summed E-state index contributed by atoms with van der Waals surface area (Å²) < 4.78 is 7.34. The van der Waals surface area contributed by atoms with E-state index in [4.69, 9.17) is 4.74 Å². The van der Waals surface area contributed by atoms with E-state index in [1.54, 1.807) is 13.0 Å². The van der Waals surface area contributed by atoms with E-state index in [0.717, 1.165) is 5.56 Å². The molecule has 1 aromatic carbocycles. The van der Waals surface area contributed by atoms with Crippen molar-refractivity contribution in [1.82, 2.24) is 14.8 Å². The molecular weight excluding hydrogens is 384 g/mol. The second-order valence-corrected chi connectivity index (χ2v) is 7.63. The molecule has 9 heteroatoms. The van der Waals surface area contributed by atoms with Crippen LogP contribution in [0, 0.1) is 0 Å². The van der Waals surface area contributed by atoms with E-state index >= 15 is 0 Å². The predicted octanol–water partition coefficient (Wildman–Crippen LogP) is 3.30. The molecule has 0 bridgehead atoms. The van der Waals surface area contributed by atoms with Gasteiger partial charge in [0.2, 0.25) is 5.13 Å². The second-order valence-electron chi connectivity index (χ2n) is 5.43. The number of amides is 1. The molecule has 0 saturated heterocycles. The maximum atomic E-state index is 12.6. The third kappa shape index (κ3) is 5.41. The Hall–Kier alpha value is -2.65. The topological polar surface area (TPSA) is 86.1 Å². The Morgan fingerprint density at radius 1 is 1.19 bits per heavy atom. The molecule has 0 aliphatic rings. The van der Waals surface area contributed by atoms with E-state index in [0.29, 0.717) is 28.3 Å². The molecule has 2 aromatic heterocycles. The molecule has 0 spiro atoms. The Kier molecular flexibility index (Phi) is 6.61. The number of esters is 1. The first kappa shape index (κ1) is 19.1. The fraction of sp³-hybridized carbons (Fsp3) is 0.222. The highest BCUT2D eigenvalue weighted by Crippen LogP contribution is 2.26. The largest absolute Gasteiger partial charge is 0.465 e. The number of nitrogens with zero attached hydrogens (tertiary/aromatic N) is 3. The summed E-state index contributed by atoms with van der Waals surface area (Å²) in [5.74, 6) is -0.396. The molecule has 140 valence electrons. The van der Waals surface area contributed by atoms with Gasteiger partial charge in [0, 0.05) is 12.7 Å². The molecule has 2 heterocycles. The van der Waals surface area contributed by atoms with Crippen LogP contribution in [-0.4, -0.2) is 39.0 Å². The summed E-state index contributed by atoms with van der Waals surface area (Å²) in [6.07, 6.45) is 1.86. The molecule has 0 aliphatic carbocycles.